The third kappa shape index (κ3) is 5.45. The van der Waals surface area contributed by atoms with Crippen LogP contribution in [-0.2, 0) is 18.4 Å². The summed E-state index contributed by atoms with van der Waals surface area (Å²) in [6.07, 6.45) is 0. The Morgan fingerprint density at radius 1 is 0.783 bits per heavy atom. The number of thiocyanates is 1. The number of hydrogen-bond donors (Lipinski definition) is 0. The largest absolute Gasteiger partial charge is 0.696 e. The maximum Gasteiger partial charge on any atom is 0.0238 e. The molecule has 3 heteroatoms. The standard InChI is InChI=1S/C19H16S.CHNS/c1-3-9-16(10-4-1)19-14-8-7-11-17(19)15-20-18-12-5-2-6-13-18;2-1-3/h1-14H,15H2;3H/p-1. The van der Waals surface area contributed by atoms with Gasteiger partial charge in [-0.25, -0.2) is 5.26 Å². The van der Waals surface area contributed by atoms with Gasteiger partial charge < -0.3 is 12.6 Å². The molecule has 0 spiro atoms. The summed E-state index contributed by atoms with van der Waals surface area (Å²) < 4.78 is 0. The molecule has 3 rings (SSSR count). The van der Waals surface area contributed by atoms with E-state index in [-0.39, 0.29) is 0 Å². The SMILES string of the molecule is N#C[S-].c1ccc(SCc2ccccc2-c2ccccc2)cc1. The summed E-state index contributed by atoms with van der Waals surface area (Å²) in [7, 11) is 0. The van der Waals surface area contributed by atoms with E-state index in [1.165, 1.54) is 27.0 Å². The van der Waals surface area contributed by atoms with E-state index in [1.54, 1.807) is 0 Å². The van der Waals surface area contributed by atoms with E-state index in [0.29, 0.717) is 0 Å². The molecule has 114 valence electrons. The molecule has 23 heavy (non-hydrogen) atoms. The third-order valence-corrected chi connectivity index (χ3v) is 4.30. The molecule has 1 nitrogen and oxygen atoms in total. The molecular weight excluding hydrogens is 318 g/mol. The minimum atomic E-state index is 0.995. The molecular formula is C20H16NS2-. The minimum Gasteiger partial charge on any atom is -0.696 e. The second kappa shape index (κ2) is 9.68. The monoisotopic (exact) mass is 334 g/mol. The zero-order valence-electron chi connectivity index (χ0n) is 12.6. The van der Waals surface area contributed by atoms with Gasteiger partial charge in [0.25, 0.3) is 0 Å². The summed E-state index contributed by atoms with van der Waals surface area (Å²) in [4.78, 5) is 1.32. The highest BCUT2D eigenvalue weighted by Gasteiger charge is 2.04. The highest BCUT2D eigenvalue weighted by Crippen LogP contribution is 2.29. The summed E-state index contributed by atoms with van der Waals surface area (Å²) in [6.45, 7) is 0. The van der Waals surface area contributed by atoms with Crippen molar-refractivity contribution in [3.63, 3.8) is 0 Å². The van der Waals surface area contributed by atoms with Crippen LogP contribution in [0.5, 0.6) is 0 Å². The molecule has 0 saturated heterocycles. The fourth-order valence-electron chi connectivity index (χ4n) is 2.22. The van der Waals surface area contributed by atoms with Gasteiger partial charge in [-0.2, -0.15) is 0 Å². The van der Waals surface area contributed by atoms with Gasteiger partial charge in [0.2, 0.25) is 0 Å². The number of hydrogen-bond acceptors (Lipinski definition) is 3. The maximum atomic E-state index is 7.13. The number of thioether (sulfide) groups is 1. The van der Waals surface area contributed by atoms with Crippen molar-refractivity contribution >= 4 is 24.4 Å². The van der Waals surface area contributed by atoms with E-state index in [4.69, 9.17) is 5.26 Å². The van der Waals surface area contributed by atoms with E-state index in [0.717, 1.165) is 5.75 Å². The van der Waals surface area contributed by atoms with Crippen LogP contribution in [0.25, 0.3) is 11.1 Å². The molecule has 0 unspecified atom stereocenters. The van der Waals surface area contributed by atoms with Crippen LogP contribution in [0, 0.1) is 10.7 Å². The van der Waals surface area contributed by atoms with E-state index in [9.17, 15) is 0 Å². The molecule has 0 bridgehead atoms. The molecule has 0 aliphatic rings. The van der Waals surface area contributed by atoms with E-state index < -0.39 is 0 Å². The Hall–Kier alpha value is -2.28. The summed E-state index contributed by atoms with van der Waals surface area (Å²) in [5, 5.41) is 8.47. The van der Waals surface area contributed by atoms with Crippen LogP contribution in [0.4, 0.5) is 0 Å². The fraction of sp³-hybridized carbons (Fsp3) is 0.0500. The van der Waals surface area contributed by atoms with Gasteiger partial charge in [-0.1, -0.05) is 78.2 Å². The van der Waals surface area contributed by atoms with Crippen molar-refractivity contribution in [3.8, 4) is 16.5 Å². The van der Waals surface area contributed by atoms with Crippen molar-refractivity contribution in [1.29, 1.82) is 5.26 Å². The molecule has 0 radical (unpaired) electrons. The summed E-state index contributed by atoms with van der Waals surface area (Å²) in [5.74, 6) is 0.995. The zero-order valence-corrected chi connectivity index (χ0v) is 14.2. The Labute approximate surface area is 147 Å². The van der Waals surface area contributed by atoms with Gasteiger partial charge in [-0.3, -0.25) is 0 Å². The second-order valence-corrected chi connectivity index (χ2v) is 5.95. The molecule has 0 saturated carbocycles. The average Bonchev–Trinajstić information content (AvgIpc) is 2.63. The van der Waals surface area contributed by atoms with Gasteiger partial charge >= 0.3 is 0 Å². The molecule has 0 atom stereocenters. The van der Waals surface area contributed by atoms with Gasteiger partial charge in [0, 0.05) is 10.6 Å². The second-order valence-electron chi connectivity index (χ2n) is 4.72. The van der Waals surface area contributed by atoms with Crippen molar-refractivity contribution in [2.45, 2.75) is 10.6 Å². The van der Waals surface area contributed by atoms with Crippen LogP contribution in [0.1, 0.15) is 5.56 Å². The first-order valence-corrected chi connectivity index (χ1v) is 8.57. The molecule has 0 fully saturated rings. The topological polar surface area (TPSA) is 23.8 Å². The smallest absolute Gasteiger partial charge is 0.0238 e. The van der Waals surface area contributed by atoms with Gasteiger partial charge in [-0.15, -0.1) is 11.8 Å². The predicted molar refractivity (Wildman–Crippen MR) is 101 cm³/mol. The fourth-order valence-corrected chi connectivity index (χ4v) is 3.15. The molecule has 0 aliphatic heterocycles. The van der Waals surface area contributed by atoms with E-state index >= 15 is 0 Å². The number of nitriles is 1. The number of nitrogens with zero attached hydrogens (tertiary/aromatic N) is 1. The van der Waals surface area contributed by atoms with Gasteiger partial charge in [-0.05, 0) is 28.8 Å². The molecule has 0 N–H and O–H groups in total. The van der Waals surface area contributed by atoms with Crippen LogP contribution in [0.2, 0.25) is 0 Å². The molecule has 3 aromatic rings. The Balaban J connectivity index is 0.000000595. The van der Waals surface area contributed by atoms with Crippen molar-refractivity contribution < 1.29 is 0 Å². The average molecular weight is 334 g/mol. The summed E-state index contributed by atoms with van der Waals surface area (Å²) in [5.41, 5.74) is 4.00. The molecule has 0 heterocycles. The van der Waals surface area contributed by atoms with Crippen LogP contribution < -0.4 is 0 Å². The van der Waals surface area contributed by atoms with Gasteiger partial charge in [0.15, 0.2) is 0 Å². The van der Waals surface area contributed by atoms with Crippen LogP contribution >= 0.6 is 11.8 Å². The van der Waals surface area contributed by atoms with Crippen molar-refractivity contribution in [2.75, 3.05) is 0 Å². The Morgan fingerprint density at radius 2 is 1.30 bits per heavy atom. The third-order valence-electron chi connectivity index (χ3n) is 3.24. The molecule has 0 amide bonds. The van der Waals surface area contributed by atoms with E-state index in [1.807, 2.05) is 11.8 Å². The molecule has 0 aromatic heterocycles. The first-order chi connectivity index (χ1) is 11.3. The Bertz CT molecular complexity index is 749. The predicted octanol–water partition coefficient (Wildman–Crippen LogP) is 5.66. The Morgan fingerprint density at radius 3 is 1.96 bits per heavy atom. The first-order valence-electron chi connectivity index (χ1n) is 7.17. The van der Waals surface area contributed by atoms with Gasteiger partial charge in [0.1, 0.15) is 0 Å². The highest BCUT2D eigenvalue weighted by atomic mass is 32.2. The lowest BCUT2D eigenvalue weighted by molar-refractivity contribution is 1.38. The minimum absolute atomic E-state index is 0.995. The van der Waals surface area contributed by atoms with Gasteiger partial charge in [0.05, 0.1) is 0 Å². The zero-order chi connectivity index (χ0) is 16.3. The lowest BCUT2D eigenvalue weighted by Crippen LogP contribution is -1.87. The van der Waals surface area contributed by atoms with E-state index in [2.05, 4.69) is 97.6 Å². The molecule has 3 aromatic carbocycles. The quantitative estimate of drug-likeness (QED) is 0.349. The maximum absolute atomic E-state index is 7.13. The number of rotatable bonds is 4. The lowest BCUT2D eigenvalue weighted by Gasteiger charge is -2.09. The highest BCUT2D eigenvalue weighted by molar-refractivity contribution is 7.98. The van der Waals surface area contributed by atoms with Crippen LogP contribution in [0.3, 0.4) is 0 Å². The normalized spacial score (nSPS) is 9.35. The van der Waals surface area contributed by atoms with Crippen LogP contribution in [0.15, 0.2) is 89.8 Å². The van der Waals surface area contributed by atoms with Crippen molar-refractivity contribution in [2.24, 2.45) is 0 Å². The lowest BCUT2D eigenvalue weighted by atomic mass is 10.0. The van der Waals surface area contributed by atoms with Crippen LogP contribution in [-0.4, -0.2) is 0 Å². The first kappa shape index (κ1) is 17.1. The summed E-state index contributed by atoms with van der Waals surface area (Å²) in [6, 6.07) is 29.8. The number of benzene rings is 3. The molecule has 0 aliphatic carbocycles. The Kier molecular flexibility index (Phi) is 7.19. The summed E-state index contributed by atoms with van der Waals surface area (Å²) >= 11 is 5.58. The van der Waals surface area contributed by atoms with Crippen molar-refractivity contribution in [1.82, 2.24) is 0 Å². The van der Waals surface area contributed by atoms with Crippen molar-refractivity contribution in [3.05, 3.63) is 90.5 Å².